The number of hydrogen-bond acceptors (Lipinski definition) is 6. The number of Topliss-reactive ketones (excluding diaryl/α,β-unsaturated/α-hetero) is 2. The third-order valence-electron chi connectivity index (χ3n) is 5.85. The lowest BCUT2D eigenvalue weighted by Crippen LogP contribution is -2.31. The molecule has 0 bridgehead atoms. The zero-order chi connectivity index (χ0) is 22.4. The van der Waals surface area contributed by atoms with Crippen molar-refractivity contribution in [1.29, 1.82) is 0 Å². The zero-order valence-corrected chi connectivity index (χ0v) is 18.5. The summed E-state index contributed by atoms with van der Waals surface area (Å²) in [5.41, 5.74) is 0. The van der Waals surface area contributed by atoms with Crippen LogP contribution < -0.4 is 0 Å². The van der Waals surface area contributed by atoms with Crippen LogP contribution in [0, 0.1) is 17.8 Å². The lowest BCUT2D eigenvalue weighted by Gasteiger charge is -2.15. The van der Waals surface area contributed by atoms with Gasteiger partial charge >= 0.3 is 5.97 Å². The summed E-state index contributed by atoms with van der Waals surface area (Å²) in [4.78, 5) is 46.6. The molecule has 1 saturated carbocycles. The van der Waals surface area contributed by atoms with E-state index in [4.69, 9.17) is 0 Å². The average molecular weight is 423 g/mol. The van der Waals surface area contributed by atoms with Crippen molar-refractivity contribution < 1.29 is 29.0 Å². The minimum absolute atomic E-state index is 0.0207. The summed E-state index contributed by atoms with van der Waals surface area (Å²) in [6.07, 6.45) is 11.9. The van der Waals surface area contributed by atoms with Gasteiger partial charge in [-0.3, -0.25) is 9.59 Å². The Morgan fingerprint density at radius 2 is 1.97 bits per heavy atom. The summed E-state index contributed by atoms with van der Waals surface area (Å²) >= 11 is 0. The van der Waals surface area contributed by atoms with Gasteiger partial charge in [-0.25, -0.2) is 4.79 Å². The zero-order valence-electron chi connectivity index (χ0n) is 18.5. The fourth-order valence-electron chi connectivity index (χ4n) is 4.01. The highest BCUT2D eigenvalue weighted by molar-refractivity contribution is 6.01. The Bertz CT molecular complexity index is 582. The Kier molecular flexibility index (Phi) is 13.2. The van der Waals surface area contributed by atoms with Crippen molar-refractivity contribution in [2.45, 2.75) is 90.6 Å². The number of carbonyl (C=O) groups excluding carboxylic acids is 4. The highest BCUT2D eigenvalue weighted by Crippen LogP contribution is 2.34. The van der Waals surface area contributed by atoms with Crippen LogP contribution in [0.4, 0.5) is 0 Å². The fraction of sp³-hybridized carbons (Fsp3) is 0.750. The van der Waals surface area contributed by atoms with Crippen molar-refractivity contribution in [3.05, 3.63) is 12.2 Å². The number of allylic oxidation sites excluding steroid dienone is 2. The maximum absolute atomic E-state index is 12.2. The van der Waals surface area contributed by atoms with Crippen LogP contribution in [0.2, 0.25) is 0 Å². The number of rotatable bonds is 16. The number of carbonyl (C=O) groups is 4. The van der Waals surface area contributed by atoms with Crippen LogP contribution in [0.15, 0.2) is 12.2 Å². The highest BCUT2D eigenvalue weighted by atomic mass is 16.5. The lowest BCUT2D eigenvalue weighted by molar-refractivity contribution is -0.157. The van der Waals surface area contributed by atoms with Gasteiger partial charge in [0.25, 0.3) is 0 Å². The maximum atomic E-state index is 12.2. The largest absolute Gasteiger partial charge is 0.464 e. The molecule has 0 aliphatic heterocycles. The second-order valence-corrected chi connectivity index (χ2v) is 8.20. The molecule has 0 aromatic rings. The van der Waals surface area contributed by atoms with Gasteiger partial charge in [-0.1, -0.05) is 44.8 Å². The lowest BCUT2D eigenvalue weighted by atomic mass is 9.89. The number of ketones is 2. The first-order chi connectivity index (χ1) is 14.4. The molecule has 1 fully saturated rings. The van der Waals surface area contributed by atoms with Crippen molar-refractivity contribution in [2.75, 3.05) is 6.61 Å². The van der Waals surface area contributed by atoms with Crippen molar-refractivity contribution in [3.8, 4) is 0 Å². The summed E-state index contributed by atoms with van der Waals surface area (Å²) in [6.45, 7) is 3.86. The summed E-state index contributed by atoms with van der Waals surface area (Å²) in [5, 5.41) is 9.60. The number of unbranched alkanes of at least 4 members (excludes halogenated alkanes) is 3. The minimum Gasteiger partial charge on any atom is -0.464 e. The SMILES string of the molecule is CCCC[C@@H](C=O)CC=C[C@H]1CCC(=O)[C@@H]1CCCCCC(=O)C(O)C(=O)OCC. The van der Waals surface area contributed by atoms with Gasteiger partial charge in [0.1, 0.15) is 12.1 Å². The molecule has 0 saturated heterocycles. The van der Waals surface area contributed by atoms with E-state index in [1.165, 1.54) is 0 Å². The first-order valence-electron chi connectivity index (χ1n) is 11.5. The number of hydrogen-bond donors (Lipinski definition) is 1. The fourth-order valence-corrected chi connectivity index (χ4v) is 4.01. The number of aliphatic hydroxyl groups is 1. The molecule has 0 spiro atoms. The molecule has 6 heteroatoms. The molecule has 4 atom stereocenters. The molecular formula is C24H38O6. The van der Waals surface area contributed by atoms with E-state index in [1.807, 2.05) is 0 Å². The van der Waals surface area contributed by atoms with E-state index in [0.29, 0.717) is 18.6 Å². The topological polar surface area (TPSA) is 97.7 Å². The molecule has 1 aliphatic carbocycles. The van der Waals surface area contributed by atoms with Crippen molar-refractivity contribution >= 4 is 23.8 Å². The van der Waals surface area contributed by atoms with Crippen LogP contribution >= 0.6 is 0 Å². The first-order valence-corrected chi connectivity index (χ1v) is 11.5. The molecule has 30 heavy (non-hydrogen) atoms. The summed E-state index contributed by atoms with van der Waals surface area (Å²) in [6, 6.07) is 0. The predicted molar refractivity (Wildman–Crippen MR) is 115 cm³/mol. The van der Waals surface area contributed by atoms with E-state index in [-0.39, 0.29) is 30.8 Å². The van der Waals surface area contributed by atoms with Crippen LogP contribution in [-0.4, -0.2) is 41.6 Å². The monoisotopic (exact) mass is 422 g/mol. The van der Waals surface area contributed by atoms with Crippen molar-refractivity contribution in [2.24, 2.45) is 17.8 Å². The van der Waals surface area contributed by atoms with Gasteiger partial charge < -0.3 is 14.6 Å². The Labute approximate surface area is 180 Å². The molecule has 0 aromatic heterocycles. The van der Waals surface area contributed by atoms with Crippen LogP contribution in [-0.2, 0) is 23.9 Å². The molecule has 1 aliphatic rings. The van der Waals surface area contributed by atoms with Crippen LogP contribution in [0.3, 0.4) is 0 Å². The Morgan fingerprint density at radius 3 is 2.63 bits per heavy atom. The molecule has 0 radical (unpaired) electrons. The smallest absolute Gasteiger partial charge is 0.342 e. The second kappa shape index (κ2) is 15.1. The molecule has 1 unspecified atom stereocenters. The molecule has 1 N–H and O–H groups in total. The third-order valence-corrected chi connectivity index (χ3v) is 5.85. The summed E-state index contributed by atoms with van der Waals surface area (Å²) in [5.74, 6) is -0.773. The minimum atomic E-state index is -1.69. The number of aliphatic hydroxyl groups excluding tert-OH is 1. The molecule has 0 aromatic carbocycles. The summed E-state index contributed by atoms with van der Waals surface area (Å²) in [7, 11) is 0. The van der Waals surface area contributed by atoms with E-state index >= 15 is 0 Å². The number of esters is 1. The van der Waals surface area contributed by atoms with Crippen molar-refractivity contribution in [1.82, 2.24) is 0 Å². The molecule has 1 rings (SSSR count). The molecule has 6 nitrogen and oxygen atoms in total. The summed E-state index contributed by atoms with van der Waals surface area (Å²) < 4.78 is 4.64. The van der Waals surface area contributed by atoms with E-state index in [0.717, 1.165) is 57.7 Å². The molecular weight excluding hydrogens is 384 g/mol. The Morgan fingerprint density at radius 1 is 1.20 bits per heavy atom. The van der Waals surface area contributed by atoms with E-state index in [1.54, 1.807) is 6.92 Å². The number of ether oxygens (including phenoxy) is 1. The Hall–Kier alpha value is -1.82. The van der Waals surface area contributed by atoms with E-state index in [9.17, 15) is 24.3 Å². The van der Waals surface area contributed by atoms with E-state index < -0.39 is 17.9 Å². The normalized spacial score (nSPS) is 21.0. The standard InChI is InChI=1S/C24H38O6/c1-3-5-10-18(17-25)11-9-12-19-15-16-21(26)20(19)13-7-6-8-14-22(27)23(28)24(29)30-4-2/h9,12,17-20,23,28H,3-8,10-11,13-16H2,1-2H3/t18-,19+,20-,23?/m1/s1. The van der Waals surface area contributed by atoms with Crippen molar-refractivity contribution in [3.63, 3.8) is 0 Å². The van der Waals surface area contributed by atoms with Crippen LogP contribution in [0.5, 0.6) is 0 Å². The van der Waals surface area contributed by atoms with Gasteiger partial charge in [0.15, 0.2) is 5.78 Å². The van der Waals surface area contributed by atoms with Gasteiger partial charge in [0.2, 0.25) is 6.10 Å². The first kappa shape index (κ1) is 26.2. The van der Waals surface area contributed by atoms with Gasteiger partial charge in [0.05, 0.1) is 6.61 Å². The molecule has 0 heterocycles. The average Bonchev–Trinajstić information content (AvgIpc) is 3.09. The second-order valence-electron chi connectivity index (χ2n) is 8.20. The van der Waals surface area contributed by atoms with Gasteiger partial charge in [0, 0.05) is 24.7 Å². The van der Waals surface area contributed by atoms with E-state index in [2.05, 4.69) is 23.8 Å². The highest BCUT2D eigenvalue weighted by Gasteiger charge is 2.32. The number of aldehydes is 1. The van der Waals surface area contributed by atoms with Gasteiger partial charge in [-0.15, -0.1) is 0 Å². The van der Waals surface area contributed by atoms with Gasteiger partial charge in [-0.2, -0.15) is 0 Å². The van der Waals surface area contributed by atoms with Gasteiger partial charge in [-0.05, 0) is 44.9 Å². The molecule has 170 valence electrons. The van der Waals surface area contributed by atoms with Crippen LogP contribution in [0.25, 0.3) is 0 Å². The Balaban J connectivity index is 2.34. The predicted octanol–water partition coefficient (Wildman–Crippen LogP) is 3.98. The molecule has 0 amide bonds. The quantitative estimate of drug-likeness (QED) is 0.133. The third kappa shape index (κ3) is 9.33. The van der Waals surface area contributed by atoms with Crippen LogP contribution in [0.1, 0.15) is 84.5 Å². The maximum Gasteiger partial charge on any atom is 0.342 e.